The van der Waals surface area contributed by atoms with E-state index in [4.69, 9.17) is 0 Å². The van der Waals surface area contributed by atoms with Gasteiger partial charge in [-0.25, -0.2) is 0 Å². The van der Waals surface area contributed by atoms with Gasteiger partial charge in [0.2, 0.25) is 0 Å². The van der Waals surface area contributed by atoms with Crippen LogP contribution < -0.4 is 5.32 Å². The van der Waals surface area contributed by atoms with E-state index in [1.165, 1.54) is 0 Å². The summed E-state index contributed by atoms with van der Waals surface area (Å²) in [7, 11) is 0. The Labute approximate surface area is 74.8 Å². The lowest BCUT2D eigenvalue weighted by Crippen LogP contribution is -2.55. The molecule has 0 aromatic rings. The molecule has 1 saturated heterocycles. The van der Waals surface area contributed by atoms with Gasteiger partial charge in [-0.1, -0.05) is 0 Å². The number of nitrogens with zero attached hydrogens (tertiary/aromatic N) is 1. The van der Waals surface area contributed by atoms with Crippen molar-refractivity contribution in [2.24, 2.45) is 0 Å². The second kappa shape index (κ2) is 4.21. The summed E-state index contributed by atoms with van der Waals surface area (Å²) in [5.41, 5.74) is 0. The molecule has 0 radical (unpaired) electrons. The maximum atomic E-state index is 9.25. The first-order valence-electron chi connectivity index (χ1n) is 4.75. The normalized spacial score (nSPS) is 35.0. The van der Waals surface area contributed by atoms with Crippen LogP contribution in [0.2, 0.25) is 0 Å². The third-order valence-corrected chi connectivity index (χ3v) is 2.39. The number of rotatable bonds is 2. The van der Waals surface area contributed by atoms with E-state index in [0.717, 1.165) is 19.6 Å². The lowest BCUT2D eigenvalue weighted by molar-refractivity contribution is 0.0773. The summed E-state index contributed by atoms with van der Waals surface area (Å²) in [5.74, 6) is 0. The lowest BCUT2D eigenvalue weighted by atomic mass is 10.1. The Balaban J connectivity index is 2.38. The van der Waals surface area contributed by atoms with Crippen LogP contribution in [0.15, 0.2) is 0 Å². The molecule has 72 valence electrons. The second-order valence-electron chi connectivity index (χ2n) is 3.96. The van der Waals surface area contributed by atoms with Crippen molar-refractivity contribution in [2.75, 3.05) is 19.6 Å². The molecule has 1 aliphatic rings. The lowest BCUT2D eigenvalue weighted by Gasteiger charge is -2.38. The number of aliphatic hydroxyl groups is 1. The van der Waals surface area contributed by atoms with Crippen molar-refractivity contribution in [2.45, 2.75) is 39.0 Å². The summed E-state index contributed by atoms with van der Waals surface area (Å²) in [4.78, 5) is 2.34. The summed E-state index contributed by atoms with van der Waals surface area (Å²) < 4.78 is 0. The third kappa shape index (κ3) is 2.73. The van der Waals surface area contributed by atoms with Gasteiger partial charge in [0.05, 0.1) is 6.10 Å². The van der Waals surface area contributed by atoms with Gasteiger partial charge < -0.3 is 10.4 Å². The molecule has 12 heavy (non-hydrogen) atoms. The van der Waals surface area contributed by atoms with Gasteiger partial charge in [-0.15, -0.1) is 0 Å². The number of hydrogen-bond acceptors (Lipinski definition) is 3. The molecule has 0 spiro atoms. The molecule has 0 aromatic carbocycles. The Bertz CT molecular complexity index is 136. The fourth-order valence-electron chi connectivity index (χ4n) is 1.69. The highest BCUT2D eigenvalue weighted by atomic mass is 16.3. The van der Waals surface area contributed by atoms with Crippen molar-refractivity contribution in [3.05, 3.63) is 0 Å². The highest BCUT2D eigenvalue weighted by Crippen LogP contribution is 2.06. The van der Waals surface area contributed by atoms with Gasteiger partial charge in [0.1, 0.15) is 0 Å². The number of β-amino-alcohol motifs (C(OH)–C–C–N with tert-alkyl or cyclic N) is 1. The minimum atomic E-state index is -0.210. The molecule has 0 saturated carbocycles. The van der Waals surface area contributed by atoms with Crippen molar-refractivity contribution in [1.29, 1.82) is 0 Å². The SMILES string of the molecule is CC1CN(C[C@H](C)O)C(C)CN1. The molecular formula is C9H20N2O. The highest BCUT2D eigenvalue weighted by molar-refractivity contribution is 4.81. The van der Waals surface area contributed by atoms with Crippen LogP contribution in [0.3, 0.4) is 0 Å². The van der Waals surface area contributed by atoms with E-state index in [1.807, 2.05) is 6.92 Å². The quantitative estimate of drug-likeness (QED) is 0.618. The monoisotopic (exact) mass is 172 g/mol. The van der Waals surface area contributed by atoms with E-state index in [2.05, 4.69) is 24.1 Å². The third-order valence-electron chi connectivity index (χ3n) is 2.39. The predicted molar refractivity (Wildman–Crippen MR) is 50.2 cm³/mol. The van der Waals surface area contributed by atoms with Crippen molar-refractivity contribution in [1.82, 2.24) is 10.2 Å². The first kappa shape index (κ1) is 9.96. The van der Waals surface area contributed by atoms with Crippen LogP contribution in [0.4, 0.5) is 0 Å². The van der Waals surface area contributed by atoms with Gasteiger partial charge in [-0.2, -0.15) is 0 Å². The average Bonchev–Trinajstić information content (AvgIpc) is 1.96. The standard InChI is InChI=1S/C9H20N2O/c1-7-5-11(6-9(3)12)8(2)4-10-7/h7-10,12H,4-6H2,1-3H3/t7?,8?,9-/m0/s1. The van der Waals surface area contributed by atoms with Crippen LogP contribution in [-0.2, 0) is 0 Å². The van der Waals surface area contributed by atoms with E-state index >= 15 is 0 Å². The van der Waals surface area contributed by atoms with Crippen LogP contribution in [0.1, 0.15) is 20.8 Å². The van der Waals surface area contributed by atoms with Crippen molar-refractivity contribution < 1.29 is 5.11 Å². The largest absolute Gasteiger partial charge is 0.392 e. The minimum Gasteiger partial charge on any atom is -0.392 e. The Hall–Kier alpha value is -0.120. The molecule has 3 heteroatoms. The molecule has 0 bridgehead atoms. The number of aliphatic hydroxyl groups excluding tert-OH is 1. The molecule has 2 N–H and O–H groups in total. The van der Waals surface area contributed by atoms with E-state index in [1.54, 1.807) is 0 Å². The number of piperazine rings is 1. The van der Waals surface area contributed by atoms with Gasteiger partial charge in [0.25, 0.3) is 0 Å². The fraction of sp³-hybridized carbons (Fsp3) is 1.00. The molecule has 3 nitrogen and oxygen atoms in total. The molecule has 1 rings (SSSR count). The molecule has 1 fully saturated rings. The molecule has 2 unspecified atom stereocenters. The zero-order chi connectivity index (χ0) is 9.14. The Morgan fingerprint density at radius 3 is 2.83 bits per heavy atom. The smallest absolute Gasteiger partial charge is 0.0639 e. The highest BCUT2D eigenvalue weighted by Gasteiger charge is 2.22. The molecular weight excluding hydrogens is 152 g/mol. The molecule has 1 heterocycles. The van der Waals surface area contributed by atoms with E-state index in [9.17, 15) is 5.11 Å². The topological polar surface area (TPSA) is 35.5 Å². The maximum absolute atomic E-state index is 9.25. The summed E-state index contributed by atoms with van der Waals surface area (Å²) >= 11 is 0. The summed E-state index contributed by atoms with van der Waals surface area (Å²) in [6, 6.07) is 1.11. The maximum Gasteiger partial charge on any atom is 0.0639 e. The van der Waals surface area contributed by atoms with E-state index in [0.29, 0.717) is 12.1 Å². The van der Waals surface area contributed by atoms with Crippen molar-refractivity contribution in [3.8, 4) is 0 Å². The second-order valence-corrected chi connectivity index (χ2v) is 3.96. The van der Waals surface area contributed by atoms with E-state index in [-0.39, 0.29) is 6.10 Å². The van der Waals surface area contributed by atoms with Gasteiger partial charge in [-0.3, -0.25) is 4.90 Å². The van der Waals surface area contributed by atoms with Crippen LogP contribution in [0, 0.1) is 0 Å². The van der Waals surface area contributed by atoms with Gasteiger partial charge in [-0.05, 0) is 20.8 Å². The molecule has 0 amide bonds. The predicted octanol–water partition coefficient (Wildman–Crippen LogP) is 0.0494. The zero-order valence-corrected chi connectivity index (χ0v) is 8.25. The first-order chi connectivity index (χ1) is 5.59. The minimum absolute atomic E-state index is 0.210. The van der Waals surface area contributed by atoms with E-state index < -0.39 is 0 Å². The zero-order valence-electron chi connectivity index (χ0n) is 8.25. The van der Waals surface area contributed by atoms with Gasteiger partial charge in [0.15, 0.2) is 0 Å². The van der Waals surface area contributed by atoms with Crippen LogP contribution in [0.5, 0.6) is 0 Å². The van der Waals surface area contributed by atoms with Gasteiger partial charge in [0, 0.05) is 31.7 Å². The average molecular weight is 172 g/mol. The molecule has 0 aromatic heterocycles. The summed E-state index contributed by atoms with van der Waals surface area (Å²) in [6.07, 6.45) is -0.210. The van der Waals surface area contributed by atoms with Crippen molar-refractivity contribution in [3.63, 3.8) is 0 Å². The Morgan fingerprint density at radius 2 is 2.25 bits per heavy atom. The Morgan fingerprint density at radius 1 is 1.58 bits per heavy atom. The van der Waals surface area contributed by atoms with Crippen LogP contribution in [0.25, 0.3) is 0 Å². The summed E-state index contributed by atoms with van der Waals surface area (Å²) in [6.45, 7) is 9.11. The van der Waals surface area contributed by atoms with Gasteiger partial charge >= 0.3 is 0 Å². The Kier molecular flexibility index (Phi) is 3.50. The van der Waals surface area contributed by atoms with Crippen molar-refractivity contribution >= 4 is 0 Å². The molecule has 3 atom stereocenters. The summed E-state index contributed by atoms with van der Waals surface area (Å²) in [5, 5.41) is 12.7. The molecule has 0 aliphatic carbocycles. The van der Waals surface area contributed by atoms with Crippen LogP contribution >= 0.6 is 0 Å². The number of hydrogen-bond donors (Lipinski definition) is 2. The fourth-order valence-corrected chi connectivity index (χ4v) is 1.69. The molecule has 1 aliphatic heterocycles. The first-order valence-corrected chi connectivity index (χ1v) is 4.75. The van der Waals surface area contributed by atoms with Crippen LogP contribution in [-0.4, -0.2) is 47.8 Å². The number of nitrogens with one attached hydrogen (secondary N) is 1.